The summed E-state index contributed by atoms with van der Waals surface area (Å²) in [5, 5.41) is 13.0. The number of hydrogen-bond acceptors (Lipinski definition) is 3. The molecule has 0 bridgehead atoms. The number of nitrogens with one attached hydrogen (secondary N) is 1. The highest BCUT2D eigenvalue weighted by Crippen LogP contribution is 2.31. The van der Waals surface area contributed by atoms with Crippen LogP contribution < -0.4 is 5.32 Å². The third kappa shape index (κ3) is 3.42. The summed E-state index contributed by atoms with van der Waals surface area (Å²) in [6.45, 7) is 0. The molecule has 2 N–H and O–H groups in total. The molecule has 120 valence electrons. The topological polar surface area (TPSA) is 58.6 Å². The zero-order valence-electron chi connectivity index (χ0n) is 12.8. The Morgan fingerprint density at radius 2 is 2.22 bits per heavy atom. The summed E-state index contributed by atoms with van der Waals surface area (Å²) >= 11 is 3.47. The van der Waals surface area contributed by atoms with Crippen molar-refractivity contribution in [3.63, 3.8) is 0 Å². The number of halogens is 1. The minimum atomic E-state index is -0.956. The highest BCUT2D eigenvalue weighted by molar-refractivity contribution is 9.10. The van der Waals surface area contributed by atoms with Gasteiger partial charge in [-0.1, -0.05) is 22.0 Å². The molecule has 0 aliphatic heterocycles. The maximum Gasteiger partial charge on any atom is 0.338 e. The first-order valence-corrected chi connectivity index (χ1v) is 8.37. The van der Waals surface area contributed by atoms with E-state index in [9.17, 15) is 9.90 Å². The van der Waals surface area contributed by atoms with Crippen molar-refractivity contribution in [1.29, 1.82) is 0 Å². The molecule has 1 saturated carbocycles. The largest absolute Gasteiger partial charge is 0.478 e. The number of aliphatic carboxylic acids is 1. The molecule has 1 aromatic carbocycles. The van der Waals surface area contributed by atoms with E-state index in [1.807, 2.05) is 24.3 Å². The van der Waals surface area contributed by atoms with Gasteiger partial charge in [0.15, 0.2) is 0 Å². The summed E-state index contributed by atoms with van der Waals surface area (Å²) in [4.78, 5) is 11.7. The average molecular weight is 376 g/mol. The fourth-order valence-electron chi connectivity index (χ4n) is 3.12. The zero-order chi connectivity index (χ0) is 16.4. The van der Waals surface area contributed by atoms with Gasteiger partial charge in [0.2, 0.25) is 0 Å². The van der Waals surface area contributed by atoms with E-state index >= 15 is 0 Å². The maximum atomic E-state index is 11.7. The van der Waals surface area contributed by atoms with E-state index in [4.69, 9.17) is 4.74 Å². The predicted molar refractivity (Wildman–Crippen MR) is 92.8 cm³/mol. The third-order valence-corrected chi connectivity index (χ3v) is 4.81. The van der Waals surface area contributed by atoms with Gasteiger partial charge in [-0.25, -0.2) is 4.79 Å². The molecule has 0 amide bonds. The number of hydrogen-bond donors (Lipinski definition) is 2. The average Bonchev–Trinajstić information content (AvgIpc) is 2.90. The Kier molecular flexibility index (Phi) is 4.71. The fourth-order valence-corrected chi connectivity index (χ4v) is 3.48. The van der Waals surface area contributed by atoms with Crippen LogP contribution in [0.15, 0.2) is 40.1 Å². The van der Waals surface area contributed by atoms with Crippen molar-refractivity contribution < 1.29 is 14.6 Å². The lowest BCUT2D eigenvalue weighted by Crippen LogP contribution is -2.28. The molecule has 2 aliphatic rings. The molecule has 2 aliphatic carbocycles. The molecule has 0 aromatic heterocycles. The van der Waals surface area contributed by atoms with Gasteiger partial charge in [0.25, 0.3) is 0 Å². The van der Waals surface area contributed by atoms with Gasteiger partial charge in [-0.05, 0) is 49.1 Å². The first-order chi connectivity index (χ1) is 11.1. The van der Waals surface area contributed by atoms with Gasteiger partial charge >= 0.3 is 5.97 Å². The number of carboxylic acids is 1. The normalized spacial score (nSPS) is 22.9. The van der Waals surface area contributed by atoms with Crippen LogP contribution in [-0.4, -0.2) is 30.3 Å². The second-order valence-corrected chi connectivity index (χ2v) is 6.71. The van der Waals surface area contributed by atoms with E-state index in [0.29, 0.717) is 5.70 Å². The van der Waals surface area contributed by atoms with Gasteiger partial charge in [0, 0.05) is 23.2 Å². The number of benzene rings is 1. The van der Waals surface area contributed by atoms with Crippen LogP contribution in [0.5, 0.6) is 0 Å². The Labute approximate surface area is 143 Å². The molecule has 1 aromatic rings. The Bertz CT molecular complexity index is 732. The fraction of sp³-hybridized carbons (Fsp3) is 0.333. The molecule has 0 spiro atoms. The highest BCUT2D eigenvalue weighted by Gasteiger charge is 2.27. The standard InChI is InChI=1S/C18H18BrNO3/c1-23-14-8-7-13(10-14)20-17-15(18(21)22)4-2-3-11-5-6-12(19)9-16(11)17/h3-6,9,13-14,20H,7-8,10H2,1H3,(H,21,22)/t13-,14-/m0/s1. The quantitative estimate of drug-likeness (QED) is 0.789. The molecule has 4 nitrogen and oxygen atoms in total. The van der Waals surface area contributed by atoms with Crippen molar-refractivity contribution in [1.82, 2.24) is 5.32 Å². The number of carboxylic acid groups (broad SMARTS) is 1. The zero-order valence-corrected chi connectivity index (χ0v) is 14.4. The molecule has 0 radical (unpaired) electrons. The van der Waals surface area contributed by atoms with Crippen molar-refractivity contribution in [2.75, 3.05) is 7.11 Å². The van der Waals surface area contributed by atoms with Crippen molar-refractivity contribution in [3.05, 3.63) is 51.2 Å². The third-order valence-electron chi connectivity index (χ3n) is 4.32. The maximum absolute atomic E-state index is 11.7. The first-order valence-electron chi connectivity index (χ1n) is 7.58. The van der Waals surface area contributed by atoms with Crippen LogP contribution in [0.25, 0.3) is 11.8 Å². The van der Waals surface area contributed by atoms with Crippen molar-refractivity contribution in [2.24, 2.45) is 0 Å². The summed E-state index contributed by atoms with van der Waals surface area (Å²) in [6, 6.07) is 6.05. The second kappa shape index (κ2) is 6.75. The lowest BCUT2D eigenvalue weighted by atomic mass is 10.0. The Morgan fingerprint density at radius 3 is 2.91 bits per heavy atom. The van der Waals surface area contributed by atoms with Gasteiger partial charge in [0.1, 0.15) is 0 Å². The SMILES string of the molecule is CO[C@H]1CC[C@H](NC2=C(C(=O)O)C=C=Cc3ccc(Br)cc32)C1. The van der Waals surface area contributed by atoms with Crippen molar-refractivity contribution in [3.8, 4) is 0 Å². The Balaban J connectivity index is 2.02. The Morgan fingerprint density at radius 1 is 1.39 bits per heavy atom. The number of rotatable bonds is 4. The molecule has 1 fully saturated rings. The number of methoxy groups -OCH3 is 1. The van der Waals surface area contributed by atoms with Gasteiger partial charge in [0.05, 0.1) is 17.4 Å². The molecule has 0 unspecified atom stereocenters. The van der Waals surface area contributed by atoms with E-state index in [2.05, 4.69) is 27.0 Å². The molecule has 3 rings (SSSR count). The molecule has 5 heteroatoms. The highest BCUT2D eigenvalue weighted by atomic mass is 79.9. The van der Waals surface area contributed by atoms with Crippen molar-refractivity contribution in [2.45, 2.75) is 31.4 Å². The second-order valence-electron chi connectivity index (χ2n) is 5.79. The minimum absolute atomic E-state index is 0.211. The summed E-state index contributed by atoms with van der Waals surface area (Å²) in [5.41, 5.74) is 5.67. The van der Waals surface area contributed by atoms with Crippen LogP contribution in [0.2, 0.25) is 0 Å². The first kappa shape index (κ1) is 16.1. The van der Waals surface area contributed by atoms with Gasteiger partial charge in [-0.15, -0.1) is 5.73 Å². The van der Waals surface area contributed by atoms with E-state index in [1.54, 1.807) is 7.11 Å². The summed E-state index contributed by atoms with van der Waals surface area (Å²) in [5.74, 6) is -0.956. The van der Waals surface area contributed by atoms with Crippen LogP contribution in [0.1, 0.15) is 30.4 Å². The predicted octanol–water partition coefficient (Wildman–Crippen LogP) is 3.58. The summed E-state index contributed by atoms with van der Waals surface area (Å²) in [7, 11) is 1.72. The molecule has 2 atom stereocenters. The molecular formula is C18H18BrNO3. The number of fused-ring (bicyclic) bond motifs is 1. The number of carbonyl (C=O) groups is 1. The Hall–Kier alpha value is -1.81. The monoisotopic (exact) mass is 375 g/mol. The van der Waals surface area contributed by atoms with E-state index in [1.165, 1.54) is 6.08 Å². The van der Waals surface area contributed by atoms with Crippen LogP contribution in [0.3, 0.4) is 0 Å². The van der Waals surface area contributed by atoms with E-state index in [0.717, 1.165) is 34.9 Å². The minimum Gasteiger partial charge on any atom is -0.478 e. The van der Waals surface area contributed by atoms with E-state index in [-0.39, 0.29) is 17.7 Å². The van der Waals surface area contributed by atoms with Gasteiger partial charge < -0.3 is 15.2 Å². The lowest BCUT2D eigenvalue weighted by molar-refractivity contribution is -0.132. The molecule has 23 heavy (non-hydrogen) atoms. The van der Waals surface area contributed by atoms with Crippen LogP contribution in [-0.2, 0) is 9.53 Å². The summed E-state index contributed by atoms with van der Waals surface area (Å²) < 4.78 is 6.33. The molecule has 0 heterocycles. The molecular weight excluding hydrogens is 358 g/mol. The van der Waals surface area contributed by atoms with Gasteiger partial charge in [-0.2, -0.15) is 0 Å². The smallest absolute Gasteiger partial charge is 0.338 e. The lowest BCUT2D eigenvalue weighted by Gasteiger charge is -2.20. The summed E-state index contributed by atoms with van der Waals surface area (Å²) in [6.07, 6.45) is 6.42. The number of ether oxygens (including phenoxy) is 1. The van der Waals surface area contributed by atoms with Crippen LogP contribution >= 0.6 is 15.9 Å². The molecule has 0 saturated heterocycles. The van der Waals surface area contributed by atoms with Gasteiger partial charge in [-0.3, -0.25) is 0 Å². The van der Waals surface area contributed by atoms with Crippen LogP contribution in [0.4, 0.5) is 0 Å². The van der Waals surface area contributed by atoms with Crippen molar-refractivity contribution >= 4 is 33.7 Å². The van der Waals surface area contributed by atoms with E-state index < -0.39 is 5.97 Å². The van der Waals surface area contributed by atoms with Crippen LogP contribution in [0, 0.1) is 0 Å².